The van der Waals surface area contributed by atoms with Gasteiger partial charge in [-0.2, -0.15) is 0 Å². The number of piperidine rings is 1. The average Bonchev–Trinajstić information content (AvgIpc) is 3.00. The smallest absolute Gasteiger partial charge is 0.411 e. The maximum absolute atomic E-state index is 13.0. The number of amides is 2. The molecule has 3 unspecified atom stereocenters. The third kappa shape index (κ3) is 5.84. The Balaban J connectivity index is 2.17. The predicted octanol–water partition coefficient (Wildman–Crippen LogP) is 2.12. The van der Waals surface area contributed by atoms with Gasteiger partial charge >= 0.3 is 12.1 Å². The minimum atomic E-state index is -0.651. The second-order valence-electron chi connectivity index (χ2n) is 8.81. The van der Waals surface area contributed by atoms with Gasteiger partial charge in [0.2, 0.25) is 5.91 Å². The second kappa shape index (κ2) is 9.78. The van der Waals surface area contributed by atoms with Gasteiger partial charge in [0.1, 0.15) is 11.6 Å². The number of esters is 1. The first kappa shape index (κ1) is 23.4. The lowest BCUT2D eigenvalue weighted by Crippen LogP contribution is -2.55. The highest BCUT2D eigenvalue weighted by atomic mass is 16.6. The Hall–Kier alpha value is -1.83. The van der Waals surface area contributed by atoms with E-state index < -0.39 is 17.7 Å². The van der Waals surface area contributed by atoms with Gasteiger partial charge in [-0.1, -0.05) is 0 Å². The average molecular weight is 412 g/mol. The van der Waals surface area contributed by atoms with Gasteiger partial charge < -0.3 is 14.4 Å². The Kier molecular flexibility index (Phi) is 7.91. The lowest BCUT2D eigenvalue weighted by Gasteiger charge is -2.39. The van der Waals surface area contributed by atoms with Crippen molar-refractivity contribution in [1.82, 2.24) is 14.7 Å². The number of ether oxygens (including phenoxy) is 2. The van der Waals surface area contributed by atoms with Crippen LogP contribution in [0.1, 0.15) is 54.4 Å². The molecular formula is C21H37N3O5. The summed E-state index contributed by atoms with van der Waals surface area (Å²) in [6, 6.07) is -0.782. The number of carbonyl (C=O) groups is 3. The van der Waals surface area contributed by atoms with E-state index in [2.05, 4.69) is 4.90 Å². The SMILES string of the molecule is CCOC(=O)C1CC2CCN(CC(=O)N(CC)CC)CC2N1C(=O)OC(C)(C)C. The van der Waals surface area contributed by atoms with Crippen LogP contribution in [0.3, 0.4) is 0 Å². The molecule has 166 valence electrons. The lowest BCUT2D eigenvalue weighted by molar-refractivity contribution is -0.149. The molecule has 2 fully saturated rings. The molecule has 29 heavy (non-hydrogen) atoms. The molecule has 0 aliphatic carbocycles. The summed E-state index contributed by atoms with van der Waals surface area (Å²) in [4.78, 5) is 43.5. The molecule has 0 saturated carbocycles. The number of hydrogen-bond acceptors (Lipinski definition) is 6. The van der Waals surface area contributed by atoms with Crippen LogP contribution in [0.4, 0.5) is 4.79 Å². The van der Waals surface area contributed by atoms with Gasteiger partial charge in [0.25, 0.3) is 0 Å². The maximum atomic E-state index is 13.0. The molecule has 3 atom stereocenters. The Morgan fingerprint density at radius 2 is 1.76 bits per heavy atom. The molecule has 0 N–H and O–H groups in total. The zero-order chi connectivity index (χ0) is 21.8. The van der Waals surface area contributed by atoms with E-state index in [0.29, 0.717) is 32.6 Å². The van der Waals surface area contributed by atoms with Crippen LogP contribution in [0.5, 0.6) is 0 Å². The van der Waals surface area contributed by atoms with E-state index in [1.54, 1.807) is 11.8 Å². The lowest BCUT2D eigenvalue weighted by atomic mass is 9.91. The van der Waals surface area contributed by atoms with Gasteiger partial charge in [0.15, 0.2) is 0 Å². The third-order valence-electron chi connectivity index (χ3n) is 5.66. The molecule has 8 nitrogen and oxygen atoms in total. The number of carbonyl (C=O) groups excluding carboxylic acids is 3. The summed E-state index contributed by atoms with van der Waals surface area (Å²) < 4.78 is 10.8. The molecule has 8 heteroatoms. The molecule has 0 aromatic rings. The summed E-state index contributed by atoms with van der Waals surface area (Å²) in [6.45, 7) is 14.5. The van der Waals surface area contributed by atoms with Crippen LogP contribution in [0.2, 0.25) is 0 Å². The normalized spacial score (nSPS) is 24.8. The highest BCUT2D eigenvalue weighted by molar-refractivity contribution is 5.83. The second-order valence-corrected chi connectivity index (χ2v) is 8.81. The fourth-order valence-electron chi connectivity index (χ4n) is 4.30. The van der Waals surface area contributed by atoms with E-state index in [-0.39, 0.29) is 30.4 Å². The molecule has 0 aromatic carbocycles. The summed E-state index contributed by atoms with van der Waals surface area (Å²) in [5, 5.41) is 0. The van der Waals surface area contributed by atoms with Crippen LogP contribution in [0.15, 0.2) is 0 Å². The number of nitrogens with zero attached hydrogens (tertiary/aromatic N) is 3. The Bertz CT molecular complexity index is 600. The van der Waals surface area contributed by atoms with Gasteiger partial charge in [-0.05, 0) is 66.8 Å². The monoisotopic (exact) mass is 411 g/mol. The van der Waals surface area contributed by atoms with Crippen LogP contribution in [-0.4, -0.2) is 89.7 Å². The van der Waals surface area contributed by atoms with Crippen molar-refractivity contribution in [1.29, 1.82) is 0 Å². The molecule has 0 bridgehead atoms. The zero-order valence-corrected chi connectivity index (χ0v) is 18.8. The minimum Gasteiger partial charge on any atom is -0.464 e. The van der Waals surface area contributed by atoms with Crippen molar-refractivity contribution in [3.05, 3.63) is 0 Å². The van der Waals surface area contributed by atoms with Crippen molar-refractivity contribution in [2.24, 2.45) is 5.92 Å². The Morgan fingerprint density at radius 1 is 1.10 bits per heavy atom. The molecule has 2 heterocycles. The van der Waals surface area contributed by atoms with Gasteiger partial charge in [0, 0.05) is 19.6 Å². The molecule has 2 saturated heterocycles. The molecule has 0 spiro atoms. The van der Waals surface area contributed by atoms with Crippen LogP contribution >= 0.6 is 0 Å². The van der Waals surface area contributed by atoms with E-state index >= 15 is 0 Å². The summed E-state index contributed by atoms with van der Waals surface area (Å²) in [7, 11) is 0. The molecule has 2 aliphatic heterocycles. The third-order valence-corrected chi connectivity index (χ3v) is 5.66. The summed E-state index contributed by atoms with van der Waals surface area (Å²) >= 11 is 0. The standard InChI is InChI=1S/C21H37N3O5/c1-7-23(8-2)18(25)14-22-11-10-15-12-16(19(26)28-9-3)24(17(15)13-22)20(27)29-21(4,5)6/h15-17H,7-14H2,1-6H3. The van der Waals surface area contributed by atoms with E-state index in [4.69, 9.17) is 9.47 Å². The molecule has 2 rings (SSSR count). The fraction of sp³-hybridized carbons (Fsp3) is 0.857. The number of hydrogen-bond donors (Lipinski definition) is 0. The van der Waals surface area contributed by atoms with Crippen LogP contribution < -0.4 is 0 Å². The number of likely N-dealkylation sites (tertiary alicyclic amines) is 2. The van der Waals surface area contributed by atoms with Crippen molar-refractivity contribution in [2.75, 3.05) is 39.3 Å². The van der Waals surface area contributed by atoms with E-state index in [0.717, 1.165) is 13.0 Å². The summed E-state index contributed by atoms with van der Waals surface area (Å²) in [5.74, 6) is -0.0764. The minimum absolute atomic E-state index is 0.0946. The van der Waals surface area contributed by atoms with Crippen molar-refractivity contribution in [2.45, 2.75) is 72.1 Å². The van der Waals surface area contributed by atoms with Crippen LogP contribution in [-0.2, 0) is 19.1 Å². The largest absolute Gasteiger partial charge is 0.464 e. The molecule has 2 amide bonds. The highest BCUT2D eigenvalue weighted by Crippen LogP contribution is 2.37. The van der Waals surface area contributed by atoms with Gasteiger partial charge in [-0.15, -0.1) is 0 Å². The Morgan fingerprint density at radius 3 is 2.31 bits per heavy atom. The predicted molar refractivity (Wildman–Crippen MR) is 109 cm³/mol. The molecule has 0 radical (unpaired) electrons. The number of fused-ring (bicyclic) bond motifs is 1. The van der Waals surface area contributed by atoms with E-state index in [1.165, 1.54) is 0 Å². The zero-order valence-electron chi connectivity index (χ0n) is 18.8. The molecular weight excluding hydrogens is 374 g/mol. The van der Waals surface area contributed by atoms with Crippen LogP contribution in [0.25, 0.3) is 0 Å². The fourth-order valence-corrected chi connectivity index (χ4v) is 4.30. The Labute approximate surface area is 174 Å². The summed E-state index contributed by atoms with van der Waals surface area (Å²) in [6.07, 6.45) is 0.936. The number of rotatable bonds is 6. The number of likely N-dealkylation sites (N-methyl/N-ethyl adjacent to an activating group) is 1. The van der Waals surface area contributed by atoms with Crippen LogP contribution in [0, 0.1) is 5.92 Å². The van der Waals surface area contributed by atoms with E-state index in [1.807, 2.05) is 39.5 Å². The van der Waals surface area contributed by atoms with Crippen molar-refractivity contribution in [3.8, 4) is 0 Å². The topological polar surface area (TPSA) is 79.4 Å². The van der Waals surface area contributed by atoms with Crippen molar-refractivity contribution >= 4 is 18.0 Å². The quantitative estimate of drug-likeness (QED) is 0.623. The molecule has 2 aliphatic rings. The van der Waals surface area contributed by atoms with Crippen molar-refractivity contribution in [3.63, 3.8) is 0 Å². The first-order valence-corrected chi connectivity index (χ1v) is 10.8. The first-order valence-electron chi connectivity index (χ1n) is 10.8. The maximum Gasteiger partial charge on any atom is 0.411 e. The molecule has 0 aromatic heterocycles. The van der Waals surface area contributed by atoms with Crippen molar-refractivity contribution < 1.29 is 23.9 Å². The van der Waals surface area contributed by atoms with Gasteiger partial charge in [-0.25, -0.2) is 9.59 Å². The van der Waals surface area contributed by atoms with E-state index in [9.17, 15) is 14.4 Å². The first-order chi connectivity index (χ1) is 13.6. The summed E-state index contributed by atoms with van der Waals surface area (Å²) in [5.41, 5.74) is -0.651. The highest BCUT2D eigenvalue weighted by Gasteiger charge is 2.50. The van der Waals surface area contributed by atoms with Gasteiger partial charge in [0.05, 0.1) is 19.2 Å². The van der Waals surface area contributed by atoms with Gasteiger partial charge in [-0.3, -0.25) is 14.6 Å².